The molecule has 8 aromatic rings. The summed E-state index contributed by atoms with van der Waals surface area (Å²) in [6.45, 7) is 2.27. The molecule has 0 fully saturated rings. The highest BCUT2D eigenvalue weighted by molar-refractivity contribution is 7.26. The summed E-state index contributed by atoms with van der Waals surface area (Å²) < 4.78 is 9.31. The van der Waals surface area contributed by atoms with Gasteiger partial charge in [0.05, 0.1) is 15.9 Å². The maximum atomic E-state index is 6.98. The molecule has 0 saturated heterocycles. The van der Waals surface area contributed by atoms with Gasteiger partial charge in [-0.25, -0.2) is 9.97 Å². The van der Waals surface area contributed by atoms with Crippen molar-refractivity contribution in [1.82, 2.24) is 9.97 Å². The van der Waals surface area contributed by atoms with Crippen LogP contribution in [0.4, 0.5) is 0 Å². The molecule has 55 heavy (non-hydrogen) atoms. The van der Waals surface area contributed by atoms with Gasteiger partial charge in [-0.15, -0.1) is 11.3 Å². The lowest BCUT2D eigenvalue weighted by Crippen LogP contribution is -2.21. The van der Waals surface area contributed by atoms with Gasteiger partial charge in [0.25, 0.3) is 0 Å². The normalized spacial score (nSPS) is 18.6. The second kappa shape index (κ2) is 12.9. The van der Waals surface area contributed by atoms with E-state index >= 15 is 0 Å². The van der Waals surface area contributed by atoms with Crippen molar-refractivity contribution in [2.45, 2.75) is 25.4 Å². The van der Waals surface area contributed by atoms with Crippen LogP contribution in [0.2, 0.25) is 0 Å². The summed E-state index contributed by atoms with van der Waals surface area (Å²) in [7, 11) is 0. The van der Waals surface area contributed by atoms with E-state index in [2.05, 4.69) is 159 Å². The predicted molar refractivity (Wildman–Crippen MR) is 230 cm³/mol. The Bertz CT molecular complexity index is 2950. The van der Waals surface area contributed by atoms with Crippen LogP contribution in [0, 0.1) is 5.92 Å². The Kier molecular flexibility index (Phi) is 7.53. The molecule has 4 heteroatoms. The molecule has 3 aliphatic rings. The van der Waals surface area contributed by atoms with Crippen molar-refractivity contribution in [1.29, 1.82) is 0 Å². The summed E-state index contributed by atoms with van der Waals surface area (Å²) in [4.78, 5) is 10.3. The van der Waals surface area contributed by atoms with Crippen LogP contribution in [-0.4, -0.2) is 16.1 Å². The van der Waals surface area contributed by atoms with E-state index in [0.29, 0.717) is 5.92 Å². The van der Waals surface area contributed by atoms with Crippen LogP contribution in [0.1, 0.15) is 30.4 Å². The van der Waals surface area contributed by atoms with Gasteiger partial charge >= 0.3 is 0 Å². The van der Waals surface area contributed by atoms with E-state index in [0.717, 1.165) is 50.6 Å². The SMILES string of the molecule is C[C@H]1C=C2OC3C=CC=CC3c3cc4ccccc4cc3-c3cc(-c4ccc(-c5nc(-c6ccccc6)nc6c5sc5ccccc56)cc4)ccc3C2=CC1. The van der Waals surface area contributed by atoms with Crippen LogP contribution in [0.15, 0.2) is 176 Å². The molecule has 2 aliphatic carbocycles. The number of fused-ring (bicyclic) bond motifs is 11. The zero-order valence-electron chi connectivity index (χ0n) is 30.3. The van der Waals surface area contributed by atoms with Crippen LogP contribution in [-0.2, 0) is 4.74 Å². The maximum absolute atomic E-state index is 6.98. The fourth-order valence-electron chi connectivity index (χ4n) is 8.56. The zero-order valence-corrected chi connectivity index (χ0v) is 31.1. The van der Waals surface area contributed by atoms with Crippen LogP contribution in [0.3, 0.4) is 0 Å². The molecule has 0 spiro atoms. The molecule has 3 heterocycles. The first-order chi connectivity index (χ1) is 27.1. The maximum Gasteiger partial charge on any atom is 0.160 e. The van der Waals surface area contributed by atoms with Gasteiger partial charge in [-0.1, -0.05) is 140 Å². The lowest BCUT2D eigenvalue weighted by molar-refractivity contribution is 0.152. The molecule has 0 amide bonds. The van der Waals surface area contributed by atoms with E-state index in [9.17, 15) is 0 Å². The van der Waals surface area contributed by atoms with E-state index in [1.165, 1.54) is 54.2 Å². The summed E-state index contributed by atoms with van der Waals surface area (Å²) >= 11 is 1.77. The number of thiophene rings is 1. The largest absolute Gasteiger partial charge is 0.485 e. The Labute approximate surface area is 324 Å². The number of ether oxygens (including phenoxy) is 1. The number of allylic oxidation sites excluding steroid dienone is 5. The quantitative estimate of drug-likeness (QED) is 0.182. The molecule has 2 unspecified atom stereocenters. The minimum atomic E-state index is -0.0946. The van der Waals surface area contributed by atoms with Crippen LogP contribution in [0.5, 0.6) is 0 Å². The van der Waals surface area contributed by atoms with Gasteiger partial charge in [-0.3, -0.25) is 0 Å². The van der Waals surface area contributed by atoms with E-state index in [-0.39, 0.29) is 12.0 Å². The van der Waals surface area contributed by atoms with Crippen molar-refractivity contribution in [3.05, 3.63) is 187 Å². The third-order valence-corrected chi connectivity index (χ3v) is 12.5. The fourth-order valence-corrected chi connectivity index (χ4v) is 9.72. The van der Waals surface area contributed by atoms with Gasteiger partial charge in [0.1, 0.15) is 11.9 Å². The number of nitrogens with zero attached hydrogens (tertiary/aromatic N) is 2. The number of benzene rings is 6. The standard InChI is InChI=1S/C51H36N2OS/c1-31-19-25-40-38-26-24-37(30-42(38)44-29-36-14-6-5-13-35(36)28-43(44)39-15-7-9-17-45(39)54-46(40)27-31)32-20-22-33(23-21-32)48-50-49(41-16-8-10-18-47(41)55-50)53-51(52-48)34-11-3-2-4-12-34/h2-18,20-31,39,45H,19H2,1H3/t31-,39?,45?/m1/s1. The Morgan fingerprint density at radius 1 is 0.636 bits per heavy atom. The first-order valence-electron chi connectivity index (χ1n) is 19.1. The van der Waals surface area contributed by atoms with Gasteiger partial charge in [-0.2, -0.15) is 0 Å². The molecule has 6 aromatic carbocycles. The van der Waals surface area contributed by atoms with Crippen molar-refractivity contribution >= 4 is 48.0 Å². The molecule has 0 N–H and O–H groups in total. The Morgan fingerprint density at radius 3 is 2.25 bits per heavy atom. The molecule has 0 radical (unpaired) electrons. The summed E-state index contributed by atoms with van der Waals surface area (Å²) in [5.74, 6) is 2.22. The molecule has 3 nitrogen and oxygen atoms in total. The molecule has 1 aliphatic heterocycles. The average Bonchev–Trinajstić information content (AvgIpc) is 3.63. The summed E-state index contributed by atoms with van der Waals surface area (Å²) in [5.41, 5.74) is 12.6. The minimum Gasteiger partial charge on any atom is -0.485 e. The van der Waals surface area contributed by atoms with Crippen LogP contribution in [0.25, 0.3) is 81.5 Å². The predicted octanol–water partition coefficient (Wildman–Crippen LogP) is 13.6. The molecule has 262 valence electrons. The van der Waals surface area contributed by atoms with Crippen molar-refractivity contribution in [3.63, 3.8) is 0 Å². The molecule has 3 atom stereocenters. The molecular weight excluding hydrogens is 689 g/mol. The first kappa shape index (κ1) is 32.1. The minimum absolute atomic E-state index is 0.0808. The van der Waals surface area contributed by atoms with Gasteiger partial charge < -0.3 is 4.74 Å². The summed E-state index contributed by atoms with van der Waals surface area (Å²) in [6, 6.07) is 48.3. The Morgan fingerprint density at radius 2 is 1.38 bits per heavy atom. The topological polar surface area (TPSA) is 35.0 Å². The summed E-state index contributed by atoms with van der Waals surface area (Å²) in [5, 5.41) is 3.65. The van der Waals surface area contributed by atoms with Crippen LogP contribution < -0.4 is 0 Å². The van der Waals surface area contributed by atoms with E-state index in [1.807, 2.05) is 18.2 Å². The van der Waals surface area contributed by atoms with Crippen molar-refractivity contribution in [2.75, 3.05) is 0 Å². The second-order valence-electron chi connectivity index (χ2n) is 14.9. The monoisotopic (exact) mass is 724 g/mol. The fraction of sp³-hybridized carbons (Fsp3) is 0.0980. The first-order valence-corrected chi connectivity index (χ1v) is 19.9. The highest BCUT2D eigenvalue weighted by Crippen LogP contribution is 2.47. The van der Waals surface area contributed by atoms with Crippen molar-refractivity contribution in [3.8, 4) is 44.9 Å². The number of aromatic nitrogens is 2. The molecule has 2 aromatic heterocycles. The van der Waals surface area contributed by atoms with E-state index in [4.69, 9.17) is 14.7 Å². The smallest absolute Gasteiger partial charge is 0.160 e. The number of hydrogen-bond donors (Lipinski definition) is 0. The zero-order chi connectivity index (χ0) is 36.5. The van der Waals surface area contributed by atoms with Gasteiger partial charge in [0, 0.05) is 32.7 Å². The average molecular weight is 725 g/mol. The van der Waals surface area contributed by atoms with Gasteiger partial charge in [0.2, 0.25) is 0 Å². The lowest BCUT2D eigenvalue weighted by atomic mass is 9.81. The number of rotatable bonds is 3. The van der Waals surface area contributed by atoms with E-state index in [1.54, 1.807) is 11.3 Å². The Hall–Kier alpha value is -6.36. The molecule has 0 saturated carbocycles. The third-order valence-electron chi connectivity index (χ3n) is 11.4. The van der Waals surface area contributed by atoms with Crippen LogP contribution >= 0.6 is 11.3 Å². The summed E-state index contributed by atoms with van der Waals surface area (Å²) in [6.07, 6.45) is 14.4. The number of hydrogen-bond acceptors (Lipinski definition) is 4. The van der Waals surface area contributed by atoms with Crippen molar-refractivity contribution < 1.29 is 4.74 Å². The van der Waals surface area contributed by atoms with Gasteiger partial charge in [-0.05, 0) is 92.9 Å². The molecular formula is C51H36N2OS. The second-order valence-corrected chi connectivity index (χ2v) is 16.0. The van der Waals surface area contributed by atoms with Crippen molar-refractivity contribution in [2.24, 2.45) is 5.92 Å². The van der Waals surface area contributed by atoms with Gasteiger partial charge in [0.15, 0.2) is 5.82 Å². The molecule has 0 bridgehead atoms. The highest BCUT2D eigenvalue weighted by atomic mass is 32.1. The third kappa shape index (κ3) is 5.47. The van der Waals surface area contributed by atoms with E-state index < -0.39 is 0 Å². The lowest BCUT2D eigenvalue weighted by Gasteiger charge is -2.29. The molecule has 11 rings (SSSR count). The highest BCUT2D eigenvalue weighted by Gasteiger charge is 2.32. The Balaban J connectivity index is 1.08.